The lowest BCUT2D eigenvalue weighted by Gasteiger charge is -2.13. The average Bonchev–Trinajstić information content (AvgIpc) is 2.40. The molecule has 0 spiro atoms. The third-order valence-electron chi connectivity index (χ3n) is 2.64. The van der Waals surface area contributed by atoms with Gasteiger partial charge in [-0.05, 0) is 13.0 Å². The van der Waals surface area contributed by atoms with Crippen molar-refractivity contribution in [2.75, 3.05) is 20.6 Å². The van der Waals surface area contributed by atoms with Gasteiger partial charge in [0.15, 0.2) is 0 Å². The van der Waals surface area contributed by atoms with E-state index in [0.29, 0.717) is 6.54 Å². The Morgan fingerprint density at radius 3 is 2.45 bits per heavy atom. The second kappa shape index (κ2) is 7.18. The van der Waals surface area contributed by atoms with Gasteiger partial charge in [0.2, 0.25) is 15.9 Å². The Hall–Kier alpha value is -2.20. The van der Waals surface area contributed by atoms with Gasteiger partial charge >= 0.3 is 6.03 Å². The van der Waals surface area contributed by atoms with Crippen molar-refractivity contribution in [2.45, 2.75) is 18.4 Å². The Kier molecular flexibility index (Phi) is 5.83. The highest BCUT2D eigenvalue weighted by molar-refractivity contribution is 7.89. The highest BCUT2D eigenvalue weighted by Gasteiger charge is 2.19. The second-order valence-corrected chi connectivity index (χ2v) is 6.68. The Bertz CT molecular complexity index is 723. The minimum absolute atomic E-state index is 0.122. The number of imide groups is 1. The van der Waals surface area contributed by atoms with Gasteiger partial charge in [-0.3, -0.25) is 14.9 Å². The van der Waals surface area contributed by atoms with Crippen LogP contribution in [-0.4, -0.2) is 49.9 Å². The third-order valence-corrected chi connectivity index (χ3v) is 4.44. The number of rotatable bonds is 5. The number of hydrogen-bond donors (Lipinski definition) is 2. The summed E-state index contributed by atoms with van der Waals surface area (Å²) < 4.78 is 25.9. The largest absolute Gasteiger partial charge is 0.338 e. The van der Waals surface area contributed by atoms with Crippen molar-refractivity contribution in [3.05, 3.63) is 28.7 Å². The van der Waals surface area contributed by atoms with Crippen LogP contribution in [-0.2, 0) is 21.4 Å². The van der Waals surface area contributed by atoms with Gasteiger partial charge < -0.3 is 9.88 Å². The number of carbonyl (C=O) groups excluding carboxylic acids is 2. The van der Waals surface area contributed by atoms with Gasteiger partial charge in [0, 0.05) is 32.9 Å². The first-order chi connectivity index (χ1) is 10.2. The highest BCUT2D eigenvalue weighted by atomic mass is 32.2. The summed E-state index contributed by atoms with van der Waals surface area (Å²) in [6, 6.07) is 1.53. The maximum absolute atomic E-state index is 12.0. The maximum atomic E-state index is 12.0. The summed E-state index contributed by atoms with van der Waals surface area (Å²) in [5.74, 6) is -0.729. The molecule has 10 heteroatoms. The van der Waals surface area contributed by atoms with Gasteiger partial charge in [0.25, 0.3) is 5.56 Å². The third kappa shape index (κ3) is 4.40. The Balaban J connectivity index is 2.99. The van der Waals surface area contributed by atoms with Crippen LogP contribution < -0.4 is 16.2 Å². The fourth-order valence-corrected chi connectivity index (χ4v) is 2.44. The molecule has 0 aliphatic carbocycles. The highest BCUT2D eigenvalue weighted by Crippen LogP contribution is 2.10. The van der Waals surface area contributed by atoms with Crippen molar-refractivity contribution in [3.8, 4) is 0 Å². The van der Waals surface area contributed by atoms with E-state index in [1.54, 1.807) is 6.92 Å². The number of aromatic nitrogens is 1. The number of carbonyl (C=O) groups is 2. The topological polar surface area (TPSA) is 118 Å². The van der Waals surface area contributed by atoms with Crippen LogP contribution in [0, 0.1) is 0 Å². The zero-order valence-corrected chi connectivity index (χ0v) is 13.3. The minimum atomic E-state index is -3.72. The van der Waals surface area contributed by atoms with E-state index in [1.807, 2.05) is 5.32 Å². The first kappa shape index (κ1) is 17.9. The minimum Gasteiger partial charge on any atom is -0.338 e. The van der Waals surface area contributed by atoms with Crippen LogP contribution in [0.15, 0.2) is 28.0 Å². The number of sulfonamides is 1. The molecular formula is C12H18N4O5S. The van der Waals surface area contributed by atoms with Crippen molar-refractivity contribution in [1.29, 1.82) is 0 Å². The van der Waals surface area contributed by atoms with E-state index in [4.69, 9.17) is 0 Å². The molecule has 0 saturated heterocycles. The van der Waals surface area contributed by atoms with Crippen molar-refractivity contribution < 1.29 is 18.0 Å². The number of urea groups is 1. The molecule has 122 valence electrons. The van der Waals surface area contributed by atoms with Crippen LogP contribution in [0.5, 0.6) is 0 Å². The van der Waals surface area contributed by atoms with E-state index in [2.05, 4.69) is 5.32 Å². The summed E-state index contributed by atoms with van der Waals surface area (Å²) in [5, 5.41) is 4.40. The molecule has 0 fully saturated rings. The normalized spacial score (nSPS) is 11.3. The molecule has 3 amide bonds. The summed E-state index contributed by atoms with van der Waals surface area (Å²) in [4.78, 5) is 34.4. The molecule has 9 nitrogen and oxygen atoms in total. The predicted molar refractivity (Wildman–Crippen MR) is 78.8 cm³/mol. The van der Waals surface area contributed by atoms with Gasteiger partial charge in [0.1, 0.15) is 6.54 Å². The van der Waals surface area contributed by atoms with E-state index in [1.165, 1.54) is 14.1 Å². The van der Waals surface area contributed by atoms with Crippen molar-refractivity contribution in [3.63, 3.8) is 0 Å². The van der Waals surface area contributed by atoms with Crippen LogP contribution >= 0.6 is 0 Å². The smallest absolute Gasteiger partial charge is 0.321 e. The van der Waals surface area contributed by atoms with E-state index in [-0.39, 0.29) is 4.90 Å². The fourth-order valence-electron chi connectivity index (χ4n) is 1.52. The van der Waals surface area contributed by atoms with E-state index in [9.17, 15) is 22.8 Å². The van der Waals surface area contributed by atoms with Gasteiger partial charge in [-0.1, -0.05) is 0 Å². The first-order valence-electron chi connectivity index (χ1n) is 6.39. The predicted octanol–water partition coefficient (Wildman–Crippen LogP) is -1.06. The lowest BCUT2D eigenvalue weighted by Crippen LogP contribution is -2.42. The molecule has 0 aromatic carbocycles. The zero-order chi connectivity index (χ0) is 16.9. The number of pyridine rings is 1. The summed E-state index contributed by atoms with van der Waals surface area (Å²) in [5.41, 5.74) is -0.552. The maximum Gasteiger partial charge on any atom is 0.321 e. The zero-order valence-electron chi connectivity index (χ0n) is 12.5. The molecule has 0 bridgehead atoms. The van der Waals surface area contributed by atoms with Gasteiger partial charge in [-0.15, -0.1) is 0 Å². The first-order valence-corrected chi connectivity index (χ1v) is 7.83. The molecule has 0 atom stereocenters. The Labute approximate surface area is 128 Å². The SMILES string of the molecule is CCNC(=O)NC(=O)Cn1cc(S(=O)(=O)N(C)C)ccc1=O. The molecule has 2 N–H and O–H groups in total. The number of nitrogens with zero attached hydrogens (tertiary/aromatic N) is 2. The molecule has 0 saturated carbocycles. The molecule has 1 rings (SSSR count). The van der Waals surface area contributed by atoms with Gasteiger partial charge in [-0.25, -0.2) is 17.5 Å². The Morgan fingerprint density at radius 1 is 1.27 bits per heavy atom. The lowest BCUT2D eigenvalue weighted by molar-refractivity contribution is -0.120. The summed E-state index contributed by atoms with van der Waals surface area (Å²) in [6.07, 6.45) is 1.06. The van der Waals surface area contributed by atoms with Crippen LogP contribution in [0.3, 0.4) is 0 Å². The van der Waals surface area contributed by atoms with Crippen molar-refractivity contribution in [2.24, 2.45) is 0 Å². The molecule has 1 heterocycles. The van der Waals surface area contributed by atoms with Crippen LogP contribution in [0.4, 0.5) is 4.79 Å². The molecule has 1 aromatic heterocycles. The molecular weight excluding hydrogens is 312 g/mol. The van der Waals surface area contributed by atoms with E-state index < -0.39 is 34.1 Å². The molecule has 0 unspecified atom stereocenters. The van der Waals surface area contributed by atoms with Crippen molar-refractivity contribution >= 4 is 22.0 Å². The van der Waals surface area contributed by atoms with Gasteiger partial charge in [-0.2, -0.15) is 0 Å². The van der Waals surface area contributed by atoms with Gasteiger partial charge in [0.05, 0.1) is 4.90 Å². The molecule has 22 heavy (non-hydrogen) atoms. The van der Waals surface area contributed by atoms with Crippen LogP contribution in [0.1, 0.15) is 6.92 Å². The monoisotopic (exact) mass is 330 g/mol. The second-order valence-electron chi connectivity index (χ2n) is 4.53. The average molecular weight is 330 g/mol. The van der Waals surface area contributed by atoms with Crippen LogP contribution in [0.2, 0.25) is 0 Å². The number of hydrogen-bond acceptors (Lipinski definition) is 5. The summed E-state index contributed by atoms with van der Waals surface area (Å²) in [7, 11) is -1.01. The quantitative estimate of drug-likeness (QED) is 0.714. The van der Waals surface area contributed by atoms with Crippen LogP contribution in [0.25, 0.3) is 0 Å². The number of amides is 3. The van der Waals surface area contributed by atoms with Crippen molar-refractivity contribution in [1.82, 2.24) is 19.5 Å². The molecule has 0 aliphatic heterocycles. The number of nitrogens with one attached hydrogen (secondary N) is 2. The molecule has 0 aliphatic rings. The standard InChI is InChI=1S/C12H18N4O5S/c1-4-13-12(19)14-10(17)8-16-7-9(5-6-11(16)18)22(20,21)15(2)3/h5-7H,4,8H2,1-3H3,(H2,13,14,17,19). The summed E-state index contributed by atoms with van der Waals surface area (Å²) >= 11 is 0. The summed E-state index contributed by atoms with van der Waals surface area (Å²) in [6.45, 7) is 1.56. The fraction of sp³-hybridized carbons (Fsp3) is 0.417. The lowest BCUT2D eigenvalue weighted by atomic mass is 10.4. The Morgan fingerprint density at radius 2 is 1.91 bits per heavy atom. The molecule has 0 radical (unpaired) electrons. The molecule has 1 aromatic rings. The van der Waals surface area contributed by atoms with E-state index in [0.717, 1.165) is 27.2 Å². The van der Waals surface area contributed by atoms with E-state index >= 15 is 0 Å².